The number of aromatic nitrogens is 1. The maximum atomic E-state index is 13.3. The topological polar surface area (TPSA) is 80.2 Å². The predicted octanol–water partition coefficient (Wildman–Crippen LogP) is 4.77. The third-order valence-corrected chi connectivity index (χ3v) is 7.48. The number of aromatic amines is 1. The summed E-state index contributed by atoms with van der Waals surface area (Å²) in [6.07, 6.45) is 4.54. The van der Waals surface area contributed by atoms with Gasteiger partial charge in [-0.3, -0.25) is 9.59 Å². The molecule has 0 bridgehead atoms. The molecule has 0 spiro atoms. The van der Waals surface area contributed by atoms with Crippen LogP contribution in [0.15, 0.2) is 48.5 Å². The smallest absolute Gasteiger partial charge is 0.270 e. The second-order valence-corrected chi connectivity index (χ2v) is 9.67. The van der Waals surface area contributed by atoms with Crippen molar-refractivity contribution >= 4 is 22.6 Å². The zero-order valence-electron chi connectivity index (χ0n) is 19.7. The number of ketones is 1. The van der Waals surface area contributed by atoms with E-state index in [9.17, 15) is 14.0 Å². The Bertz CT molecular complexity index is 1270. The fourth-order valence-electron chi connectivity index (χ4n) is 5.48. The number of carbonyl (C=O) groups excluding carboxylic acids is 2. The Balaban J connectivity index is 1.15. The molecule has 0 unspecified atom stereocenters. The van der Waals surface area contributed by atoms with Crippen molar-refractivity contribution in [1.29, 1.82) is 5.26 Å². The van der Waals surface area contributed by atoms with E-state index >= 15 is 0 Å². The van der Waals surface area contributed by atoms with Gasteiger partial charge in [0.1, 0.15) is 11.5 Å². The SMILES string of the molecule is N#Cc1ccc2[nH]c(C(=O)N3CCC[C@H]3CCN3CCC(C(=O)c4ccc(F)cc4)CC3)cc2c1. The second kappa shape index (κ2) is 10.0. The lowest BCUT2D eigenvalue weighted by atomic mass is 9.88. The molecule has 3 heterocycles. The van der Waals surface area contributed by atoms with Gasteiger partial charge in [0.2, 0.25) is 0 Å². The largest absolute Gasteiger partial charge is 0.351 e. The van der Waals surface area contributed by atoms with E-state index in [2.05, 4.69) is 16.0 Å². The van der Waals surface area contributed by atoms with E-state index < -0.39 is 0 Å². The number of nitrogens with zero attached hydrogens (tertiary/aromatic N) is 3. The van der Waals surface area contributed by atoms with E-state index in [1.165, 1.54) is 12.1 Å². The molecule has 1 atom stereocenters. The van der Waals surface area contributed by atoms with Gasteiger partial charge in [0, 0.05) is 41.5 Å². The van der Waals surface area contributed by atoms with Gasteiger partial charge in [0.15, 0.2) is 5.78 Å². The first kappa shape index (κ1) is 23.3. The molecular weight excluding hydrogens is 443 g/mol. The van der Waals surface area contributed by atoms with Gasteiger partial charge >= 0.3 is 0 Å². The highest BCUT2D eigenvalue weighted by Gasteiger charge is 2.31. The second-order valence-electron chi connectivity index (χ2n) is 9.67. The van der Waals surface area contributed by atoms with Gasteiger partial charge in [0.25, 0.3) is 5.91 Å². The van der Waals surface area contributed by atoms with E-state index in [1.54, 1.807) is 24.3 Å². The average Bonchev–Trinajstić information content (AvgIpc) is 3.54. The van der Waals surface area contributed by atoms with Crippen LogP contribution in [0, 0.1) is 23.1 Å². The molecule has 2 fully saturated rings. The summed E-state index contributed by atoms with van der Waals surface area (Å²) < 4.78 is 13.2. The first-order valence-corrected chi connectivity index (χ1v) is 12.4. The summed E-state index contributed by atoms with van der Waals surface area (Å²) >= 11 is 0. The van der Waals surface area contributed by atoms with Gasteiger partial charge in [-0.1, -0.05) is 0 Å². The number of hydrogen-bond donors (Lipinski definition) is 1. The van der Waals surface area contributed by atoms with Gasteiger partial charge < -0.3 is 14.8 Å². The highest BCUT2D eigenvalue weighted by Crippen LogP contribution is 2.27. The van der Waals surface area contributed by atoms with Gasteiger partial charge in [-0.05, 0) is 93.7 Å². The molecule has 1 amide bonds. The summed E-state index contributed by atoms with van der Waals surface area (Å²) in [5.74, 6) is -0.207. The van der Waals surface area contributed by atoms with Crippen molar-refractivity contribution in [3.8, 4) is 6.07 Å². The monoisotopic (exact) mass is 472 g/mol. The molecule has 3 aromatic rings. The Morgan fingerprint density at radius 2 is 1.80 bits per heavy atom. The minimum Gasteiger partial charge on any atom is -0.351 e. The number of benzene rings is 2. The number of nitrogens with one attached hydrogen (secondary N) is 1. The quantitative estimate of drug-likeness (QED) is 0.524. The maximum absolute atomic E-state index is 13.3. The number of H-pyrrole nitrogens is 1. The fraction of sp³-hybridized carbons (Fsp3) is 0.393. The van der Waals surface area contributed by atoms with Crippen molar-refractivity contribution in [3.05, 3.63) is 71.2 Å². The Morgan fingerprint density at radius 3 is 2.54 bits per heavy atom. The normalized spacial score (nSPS) is 19.2. The molecule has 7 heteroatoms. The maximum Gasteiger partial charge on any atom is 0.270 e. The van der Waals surface area contributed by atoms with Crippen LogP contribution in [0.4, 0.5) is 4.39 Å². The number of likely N-dealkylation sites (tertiary alicyclic amines) is 2. The Hall–Kier alpha value is -3.50. The zero-order valence-corrected chi connectivity index (χ0v) is 19.7. The Kier molecular flexibility index (Phi) is 6.65. The highest BCUT2D eigenvalue weighted by molar-refractivity contribution is 5.99. The van der Waals surface area contributed by atoms with E-state index in [1.807, 2.05) is 17.0 Å². The minimum atomic E-state index is -0.325. The molecule has 35 heavy (non-hydrogen) atoms. The summed E-state index contributed by atoms with van der Waals surface area (Å²) in [6, 6.07) is 15.4. The fourth-order valence-corrected chi connectivity index (χ4v) is 5.48. The Morgan fingerprint density at radius 1 is 1.03 bits per heavy atom. The van der Waals surface area contributed by atoms with Crippen molar-refractivity contribution in [2.24, 2.45) is 5.92 Å². The standard InChI is InChI=1S/C28H29FN4O2/c29-23-6-4-20(5-7-23)27(34)21-9-13-32(14-10-21)15-11-24-2-1-12-33(24)28(35)26-17-22-16-19(18-30)3-8-25(22)31-26/h3-8,16-17,21,24,31H,1-2,9-15H2/t24-/m0/s1. The highest BCUT2D eigenvalue weighted by atomic mass is 19.1. The third-order valence-electron chi connectivity index (χ3n) is 7.48. The average molecular weight is 473 g/mol. The van der Waals surface area contributed by atoms with Crippen LogP contribution in [-0.2, 0) is 0 Å². The first-order valence-electron chi connectivity index (χ1n) is 12.4. The van der Waals surface area contributed by atoms with Crippen LogP contribution in [0.3, 0.4) is 0 Å². The number of nitriles is 1. The lowest BCUT2D eigenvalue weighted by molar-refractivity contribution is 0.0700. The third kappa shape index (κ3) is 4.98. The van der Waals surface area contributed by atoms with Gasteiger partial charge in [-0.15, -0.1) is 0 Å². The predicted molar refractivity (Wildman–Crippen MR) is 132 cm³/mol. The van der Waals surface area contributed by atoms with Crippen molar-refractivity contribution in [2.75, 3.05) is 26.2 Å². The van der Waals surface area contributed by atoms with Crippen LogP contribution in [0.1, 0.15) is 58.5 Å². The molecular formula is C28H29FN4O2. The van der Waals surface area contributed by atoms with E-state index in [0.29, 0.717) is 16.8 Å². The van der Waals surface area contributed by atoms with Gasteiger partial charge in [0.05, 0.1) is 11.6 Å². The molecule has 0 saturated carbocycles. The van der Waals surface area contributed by atoms with Crippen LogP contribution in [0.5, 0.6) is 0 Å². The molecule has 2 aliphatic rings. The van der Waals surface area contributed by atoms with Crippen LogP contribution >= 0.6 is 0 Å². The first-order chi connectivity index (χ1) is 17.0. The van der Waals surface area contributed by atoms with Crippen LogP contribution in [-0.4, -0.2) is 58.7 Å². The van der Waals surface area contributed by atoms with Gasteiger partial charge in [-0.2, -0.15) is 5.26 Å². The number of hydrogen-bond acceptors (Lipinski definition) is 4. The number of Topliss-reactive ketones (excluding diaryl/α,β-unsaturated/α-hetero) is 1. The van der Waals surface area contributed by atoms with Crippen LogP contribution in [0.25, 0.3) is 10.9 Å². The molecule has 1 aromatic heterocycles. The Labute approximate surface area is 204 Å². The lowest BCUT2D eigenvalue weighted by Crippen LogP contribution is -2.41. The molecule has 0 radical (unpaired) electrons. The number of fused-ring (bicyclic) bond motifs is 1. The minimum absolute atomic E-state index is 0.00942. The summed E-state index contributed by atoms with van der Waals surface area (Å²) in [7, 11) is 0. The van der Waals surface area contributed by atoms with Crippen molar-refractivity contribution in [2.45, 2.75) is 38.1 Å². The van der Waals surface area contributed by atoms with Crippen LogP contribution < -0.4 is 0 Å². The molecule has 6 nitrogen and oxygen atoms in total. The molecule has 5 rings (SSSR count). The molecule has 180 valence electrons. The number of piperidine rings is 1. The van der Waals surface area contributed by atoms with E-state index in [-0.39, 0.29) is 29.5 Å². The zero-order chi connectivity index (χ0) is 24.4. The van der Waals surface area contributed by atoms with Crippen molar-refractivity contribution < 1.29 is 14.0 Å². The molecule has 2 aliphatic heterocycles. The number of carbonyl (C=O) groups is 2. The van der Waals surface area contributed by atoms with Crippen molar-refractivity contribution in [1.82, 2.24) is 14.8 Å². The number of halogens is 1. The van der Waals surface area contributed by atoms with Crippen molar-refractivity contribution in [3.63, 3.8) is 0 Å². The van der Waals surface area contributed by atoms with E-state index in [4.69, 9.17) is 5.26 Å². The molecule has 2 saturated heterocycles. The van der Waals surface area contributed by atoms with E-state index in [0.717, 1.165) is 69.2 Å². The number of amides is 1. The van der Waals surface area contributed by atoms with Crippen LogP contribution in [0.2, 0.25) is 0 Å². The van der Waals surface area contributed by atoms with Gasteiger partial charge in [-0.25, -0.2) is 4.39 Å². The lowest BCUT2D eigenvalue weighted by Gasteiger charge is -2.33. The summed E-state index contributed by atoms with van der Waals surface area (Å²) in [5.41, 5.74) is 2.60. The molecule has 0 aliphatic carbocycles. The number of rotatable bonds is 6. The molecule has 1 N–H and O–H groups in total. The summed E-state index contributed by atoms with van der Waals surface area (Å²) in [6.45, 7) is 3.39. The summed E-state index contributed by atoms with van der Waals surface area (Å²) in [4.78, 5) is 33.6. The summed E-state index contributed by atoms with van der Waals surface area (Å²) in [5, 5.41) is 10.00. The molecule has 2 aromatic carbocycles.